The number of unbranched alkanes of at least 4 members (excludes halogenated alkanes) is 7. The van der Waals surface area contributed by atoms with Gasteiger partial charge in [-0.1, -0.05) is 105 Å². The highest BCUT2D eigenvalue weighted by Gasteiger charge is 2.51. The van der Waals surface area contributed by atoms with Gasteiger partial charge in [-0.3, -0.25) is 0 Å². The van der Waals surface area contributed by atoms with E-state index < -0.39 is 5.79 Å². The van der Waals surface area contributed by atoms with E-state index in [1.54, 1.807) is 0 Å². The molecule has 0 heterocycles. The average Bonchev–Trinajstić information content (AvgIpc) is 2.66. The Morgan fingerprint density at radius 2 is 0.963 bits per heavy atom. The largest absolute Gasteiger partial charge is 0.365 e. The molecular weight excluding hydrogens is 332 g/mol. The molecule has 164 valence electrons. The first kappa shape index (κ1) is 26.9. The highest BCUT2D eigenvalue weighted by Crippen LogP contribution is 2.52. The molecule has 0 rings (SSSR count). The third kappa shape index (κ3) is 9.31. The molecule has 0 saturated heterocycles. The third-order valence-corrected chi connectivity index (χ3v) is 6.72. The quantitative estimate of drug-likeness (QED) is 0.175. The SMILES string of the molecule is CCCCCCC(CCCC)C(CCCC)(CCCC)C(O)(O)CCCC. The van der Waals surface area contributed by atoms with Crippen LogP contribution in [0.3, 0.4) is 0 Å². The van der Waals surface area contributed by atoms with Gasteiger partial charge in [0.25, 0.3) is 0 Å². The van der Waals surface area contributed by atoms with E-state index in [0.717, 1.165) is 57.8 Å². The van der Waals surface area contributed by atoms with E-state index in [1.807, 2.05) is 0 Å². The van der Waals surface area contributed by atoms with Crippen molar-refractivity contribution in [3.8, 4) is 0 Å². The molecule has 1 unspecified atom stereocenters. The Morgan fingerprint density at radius 1 is 0.519 bits per heavy atom. The Kier molecular flexibility index (Phi) is 15.8. The molecule has 0 aromatic heterocycles. The van der Waals surface area contributed by atoms with E-state index in [0.29, 0.717) is 12.3 Å². The molecule has 0 amide bonds. The van der Waals surface area contributed by atoms with Crippen LogP contribution in [-0.4, -0.2) is 16.0 Å². The minimum atomic E-state index is -1.52. The number of hydrogen-bond donors (Lipinski definition) is 2. The molecule has 0 radical (unpaired) electrons. The van der Waals surface area contributed by atoms with Gasteiger partial charge in [0.05, 0.1) is 0 Å². The van der Waals surface area contributed by atoms with Crippen LogP contribution in [-0.2, 0) is 0 Å². The van der Waals surface area contributed by atoms with E-state index in [9.17, 15) is 10.2 Å². The van der Waals surface area contributed by atoms with Crippen LogP contribution < -0.4 is 0 Å². The van der Waals surface area contributed by atoms with Crippen molar-refractivity contribution in [1.82, 2.24) is 0 Å². The van der Waals surface area contributed by atoms with Crippen LogP contribution >= 0.6 is 0 Å². The van der Waals surface area contributed by atoms with E-state index >= 15 is 0 Å². The second kappa shape index (κ2) is 15.8. The Bertz CT molecular complexity index is 316. The Hall–Kier alpha value is -0.0800. The molecule has 0 aromatic carbocycles. The summed E-state index contributed by atoms with van der Waals surface area (Å²) in [5.41, 5.74) is -0.324. The predicted molar refractivity (Wildman–Crippen MR) is 120 cm³/mol. The molecule has 2 nitrogen and oxygen atoms in total. The van der Waals surface area contributed by atoms with Gasteiger partial charge in [-0.05, 0) is 38.0 Å². The van der Waals surface area contributed by atoms with E-state index in [4.69, 9.17) is 0 Å². The van der Waals surface area contributed by atoms with Crippen molar-refractivity contribution in [1.29, 1.82) is 0 Å². The summed E-state index contributed by atoms with van der Waals surface area (Å²) in [5.74, 6) is -1.07. The monoisotopic (exact) mass is 384 g/mol. The fourth-order valence-electron chi connectivity index (χ4n) is 4.88. The first-order valence-corrected chi connectivity index (χ1v) is 12.4. The first-order chi connectivity index (χ1) is 13.0. The second-order valence-electron chi connectivity index (χ2n) is 8.97. The summed E-state index contributed by atoms with van der Waals surface area (Å²) in [6.07, 6.45) is 18.7. The summed E-state index contributed by atoms with van der Waals surface area (Å²) < 4.78 is 0. The fourth-order valence-corrected chi connectivity index (χ4v) is 4.88. The average molecular weight is 385 g/mol. The predicted octanol–water partition coefficient (Wildman–Crippen LogP) is 8.00. The van der Waals surface area contributed by atoms with Gasteiger partial charge in [0, 0.05) is 11.8 Å². The van der Waals surface area contributed by atoms with Crippen molar-refractivity contribution in [2.24, 2.45) is 11.3 Å². The molecule has 27 heavy (non-hydrogen) atoms. The van der Waals surface area contributed by atoms with Crippen LogP contribution in [0.4, 0.5) is 0 Å². The van der Waals surface area contributed by atoms with Crippen molar-refractivity contribution in [2.75, 3.05) is 0 Å². The molecule has 0 aromatic rings. The zero-order chi connectivity index (χ0) is 20.6. The molecule has 1 atom stereocenters. The van der Waals surface area contributed by atoms with Crippen molar-refractivity contribution in [3.63, 3.8) is 0 Å². The maximum atomic E-state index is 11.4. The minimum Gasteiger partial charge on any atom is -0.365 e. The zero-order valence-electron chi connectivity index (χ0n) is 19.5. The van der Waals surface area contributed by atoms with Crippen LogP contribution in [0.1, 0.15) is 144 Å². The van der Waals surface area contributed by atoms with E-state index in [1.165, 1.54) is 44.9 Å². The van der Waals surface area contributed by atoms with Gasteiger partial charge in [0.1, 0.15) is 0 Å². The molecule has 0 bridgehead atoms. The third-order valence-electron chi connectivity index (χ3n) is 6.72. The van der Waals surface area contributed by atoms with Crippen LogP contribution in [0.2, 0.25) is 0 Å². The van der Waals surface area contributed by atoms with Gasteiger partial charge in [0.15, 0.2) is 5.79 Å². The number of rotatable bonds is 19. The Morgan fingerprint density at radius 3 is 1.44 bits per heavy atom. The van der Waals surface area contributed by atoms with Crippen molar-refractivity contribution in [3.05, 3.63) is 0 Å². The highest BCUT2D eigenvalue weighted by atomic mass is 16.5. The lowest BCUT2D eigenvalue weighted by atomic mass is 9.59. The summed E-state index contributed by atoms with van der Waals surface area (Å²) in [5, 5.41) is 22.9. The van der Waals surface area contributed by atoms with Crippen molar-refractivity contribution < 1.29 is 10.2 Å². The molecule has 0 saturated carbocycles. The Balaban J connectivity index is 5.71. The summed E-state index contributed by atoms with van der Waals surface area (Å²) in [7, 11) is 0. The molecule has 0 aliphatic carbocycles. The van der Waals surface area contributed by atoms with Gasteiger partial charge in [-0.15, -0.1) is 0 Å². The fraction of sp³-hybridized carbons (Fsp3) is 1.00. The molecule has 0 fully saturated rings. The summed E-state index contributed by atoms with van der Waals surface area (Å²) >= 11 is 0. The van der Waals surface area contributed by atoms with Gasteiger partial charge >= 0.3 is 0 Å². The number of hydrogen-bond acceptors (Lipinski definition) is 2. The van der Waals surface area contributed by atoms with Crippen molar-refractivity contribution >= 4 is 0 Å². The van der Waals surface area contributed by atoms with Crippen LogP contribution in [0.15, 0.2) is 0 Å². The lowest BCUT2D eigenvalue weighted by molar-refractivity contribution is -0.272. The molecule has 0 spiro atoms. The zero-order valence-corrected chi connectivity index (χ0v) is 19.5. The van der Waals surface area contributed by atoms with Crippen LogP contribution in [0.5, 0.6) is 0 Å². The molecular formula is C25H52O2. The van der Waals surface area contributed by atoms with Gasteiger partial charge in [-0.2, -0.15) is 0 Å². The topological polar surface area (TPSA) is 40.5 Å². The van der Waals surface area contributed by atoms with Gasteiger partial charge in [-0.25, -0.2) is 0 Å². The maximum Gasteiger partial charge on any atom is 0.168 e. The smallest absolute Gasteiger partial charge is 0.168 e. The van der Waals surface area contributed by atoms with Crippen LogP contribution in [0.25, 0.3) is 0 Å². The van der Waals surface area contributed by atoms with Gasteiger partial charge < -0.3 is 10.2 Å². The summed E-state index contributed by atoms with van der Waals surface area (Å²) in [6, 6.07) is 0. The lowest BCUT2D eigenvalue weighted by Gasteiger charge is -2.50. The molecule has 2 N–H and O–H groups in total. The normalized spacial score (nSPS) is 13.9. The maximum absolute atomic E-state index is 11.4. The number of aliphatic hydroxyl groups is 2. The standard InChI is InChI=1S/C25H52O2/c1-6-11-16-17-19-23(18-12-7-2)24(20-13-8-3,21-14-9-4)25(26,27)22-15-10-5/h23,26-27H,6-22H2,1-5H3. The minimum absolute atomic E-state index is 0.324. The van der Waals surface area contributed by atoms with E-state index in [-0.39, 0.29) is 5.41 Å². The highest BCUT2D eigenvalue weighted by molar-refractivity contribution is 4.96. The molecule has 0 aliphatic rings. The van der Waals surface area contributed by atoms with Gasteiger partial charge in [0.2, 0.25) is 0 Å². The first-order valence-electron chi connectivity index (χ1n) is 12.4. The molecule has 2 heteroatoms. The van der Waals surface area contributed by atoms with Crippen LogP contribution in [0, 0.1) is 11.3 Å². The lowest BCUT2D eigenvalue weighted by Crippen LogP contribution is -2.53. The van der Waals surface area contributed by atoms with E-state index in [2.05, 4.69) is 34.6 Å². The summed E-state index contributed by atoms with van der Waals surface area (Å²) in [4.78, 5) is 0. The molecule has 0 aliphatic heterocycles. The Labute approximate surface area is 171 Å². The second-order valence-corrected chi connectivity index (χ2v) is 8.97. The van der Waals surface area contributed by atoms with Crippen molar-refractivity contribution in [2.45, 2.75) is 150 Å². The summed E-state index contributed by atoms with van der Waals surface area (Å²) in [6.45, 7) is 11.1.